The van der Waals surface area contributed by atoms with Crippen molar-refractivity contribution >= 4 is 29.2 Å². The SMILES string of the molecule is O=C(NCc1ccc(F)cc1)NC1CC(=O)N(c2ccc(Cl)cc2)C1. The number of hydrogen-bond acceptors (Lipinski definition) is 2. The van der Waals surface area contributed by atoms with Crippen LogP contribution in [0.1, 0.15) is 12.0 Å². The minimum absolute atomic E-state index is 0.0499. The number of anilines is 1. The maximum absolute atomic E-state index is 12.8. The van der Waals surface area contributed by atoms with Crippen molar-refractivity contribution in [3.8, 4) is 0 Å². The quantitative estimate of drug-likeness (QED) is 0.879. The molecule has 0 aromatic heterocycles. The molecule has 1 aliphatic heterocycles. The number of nitrogens with zero attached hydrogens (tertiary/aromatic N) is 1. The van der Waals surface area contributed by atoms with E-state index in [1.165, 1.54) is 12.1 Å². The minimum Gasteiger partial charge on any atom is -0.334 e. The van der Waals surface area contributed by atoms with Gasteiger partial charge in [-0.05, 0) is 42.0 Å². The second-order valence-corrected chi connectivity index (χ2v) is 6.27. The number of nitrogens with one attached hydrogen (secondary N) is 2. The van der Waals surface area contributed by atoms with Gasteiger partial charge < -0.3 is 15.5 Å². The lowest BCUT2D eigenvalue weighted by molar-refractivity contribution is -0.117. The third-order valence-corrected chi connectivity index (χ3v) is 4.22. The number of carbonyl (C=O) groups excluding carboxylic acids is 2. The van der Waals surface area contributed by atoms with Crippen molar-refractivity contribution in [1.29, 1.82) is 0 Å². The van der Waals surface area contributed by atoms with Gasteiger partial charge in [0.15, 0.2) is 0 Å². The molecule has 7 heteroatoms. The van der Waals surface area contributed by atoms with E-state index in [1.807, 2.05) is 0 Å². The van der Waals surface area contributed by atoms with Gasteiger partial charge in [0.1, 0.15) is 5.82 Å². The molecule has 25 heavy (non-hydrogen) atoms. The van der Waals surface area contributed by atoms with Crippen LogP contribution in [0.15, 0.2) is 48.5 Å². The summed E-state index contributed by atoms with van der Waals surface area (Å²) in [6.45, 7) is 0.693. The van der Waals surface area contributed by atoms with E-state index in [1.54, 1.807) is 41.3 Å². The van der Waals surface area contributed by atoms with Gasteiger partial charge >= 0.3 is 6.03 Å². The van der Waals surface area contributed by atoms with Crippen LogP contribution in [0.5, 0.6) is 0 Å². The molecule has 1 saturated heterocycles. The number of halogens is 2. The average molecular weight is 362 g/mol. The molecule has 3 rings (SSSR count). The van der Waals surface area contributed by atoms with Crippen LogP contribution < -0.4 is 15.5 Å². The molecule has 0 aliphatic carbocycles. The van der Waals surface area contributed by atoms with Gasteiger partial charge in [0.25, 0.3) is 0 Å². The van der Waals surface area contributed by atoms with Crippen molar-refractivity contribution in [2.24, 2.45) is 0 Å². The summed E-state index contributed by atoms with van der Waals surface area (Å²) in [6.07, 6.45) is 0.243. The van der Waals surface area contributed by atoms with Crippen molar-refractivity contribution < 1.29 is 14.0 Å². The first-order valence-electron chi connectivity index (χ1n) is 7.86. The Morgan fingerprint density at radius 2 is 1.84 bits per heavy atom. The first-order chi connectivity index (χ1) is 12.0. The highest BCUT2D eigenvalue weighted by atomic mass is 35.5. The molecule has 0 radical (unpaired) electrons. The Hall–Kier alpha value is -2.60. The van der Waals surface area contributed by atoms with Gasteiger partial charge in [0.2, 0.25) is 5.91 Å². The minimum atomic E-state index is -0.361. The van der Waals surface area contributed by atoms with Gasteiger partial charge in [-0.25, -0.2) is 9.18 Å². The largest absolute Gasteiger partial charge is 0.334 e. The monoisotopic (exact) mass is 361 g/mol. The number of benzene rings is 2. The second kappa shape index (κ2) is 7.53. The van der Waals surface area contributed by atoms with Crippen molar-refractivity contribution in [2.75, 3.05) is 11.4 Å². The Balaban J connectivity index is 1.51. The van der Waals surface area contributed by atoms with Gasteiger partial charge in [-0.3, -0.25) is 4.79 Å². The molecule has 1 fully saturated rings. The van der Waals surface area contributed by atoms with Crippen molar-refractivity contribution in [3.63, 3.8) is 0 Å². The maximum Gasteiger partial charge on any atom is 0.315 e. The van der Waals surface area contributed by atoms with Crippen LogP contribution in [-0.2, 0) is 11.3 Å². The summed E-state index contributed by atoms with van der Waals surface area (Å²) < 4.78 is 12.8. The fraction of sp³-hybridized carbons (Fsp3) is 0.222. The number of hydrogen-bond donors (Lipinski definition) is 2. The van der Waals surface area contributed by atoms with Crippen molar-refractivity contribution in [3.05, 3.63) is 64.9 Å². The maximum atomic E-state index is 12.8. The zero-order valence-electron chi connectivity index (χ0n) is 13.3. The van der Waals surface area contributed by atoms with E-state index in [0.717, 1.165) is 11.3 Å². The molecule has 1 unspecified atom stereocenters. The Labute approximate surface area is 149 Å². The van der Waals surface area contributed by atoms with Gasteiger partial charge in [0.05, 0.1) is 6.04 Å². The van der Waals surface area contributed by atoms with E-state index in [0.29, 0.717) is 11.6 Å². The molecule has 130 valence electrons. The van der Waals surface area contributed by atoms with E-state index in [2.05, 4.69) is 10.6 Å². The predicted molar refractivity (Wildman–Crippen MR) is 94.0 cm³/mol. The first kappa shape index (κ1) is 17.2. The lowest BCUT2D eigenvalue weighted by atomic mass is 10.2. The summed E-state index contributed by atoms with van der Waals surface area (Å²) in [5.41, 5.74) is 1.55. The third kappa shape index (κ3) is 4.48. The molecule has 0 spiro atoms. The molecule has 2 aromatic carbocycles. The van der Waals surface area contributed by atoms with Crippen LogP contribution >= 0.6 is 11.6 Å². The van der Waals surface area contributed by atoms with Gasteiger partial charge in [-0.1, -0.05) is 23.7 Å². The van der Waals surface area contributed by atoms with Gasteiger partial charge in [0, 0.05) is 30.2 Å². The number of rotatable bonds is 4. The lowest BCUT2D eigenvalue weighted by Crippen LogP contribution is -2.43. The fourth-order valence-corrected chi connectivity index (χ4v) is 2.82. The van der Waals surface area contributed by atoms with Gasteiger partial charge in [-0.2, -0.15) is 0 Å². The summed E-state index contributed by atoms with van der Waals surface area (Å²) in [5.74, 6) is -0.369. The Bertz CT molecular complexity index is 765. The summed E-state index contributed by atoms with van der Waals surface area (Å²) in [4.78, 5) is 25.8. The fourth-order valence-electron chi connectivity index (χ4n) is 2.70. The molecule has 1 heterocycles. The van der Waals surface area contributed by atoms with Crippen LogP contribution in [0, 0.1) is 5.82 Å². The molecule has 1 atom stereocenters. The topological polar surface area (TPSA) is 61.4 Å². The lowest BCUT2D eigenvalue weighted by Gasteiger charge is -2.17. The molecule has 2 aromatic rings. The number of urea groups is 1. The Morgan fingerprint density at radius 1 is 1.16 bits per heavy atom. The van der Waals surface area contributed by atoms with E-state index in [4.69, 9.17) is 11.6 Å². The summed E-state index contributed by atoms with van der Waals surface area (Å²) >= 11 is 5.86. The second-order valence-electron chi connectivity index (χ2n) is 5.84. The predicted octanol–water partition coefficient (Wildman–Crippen LogP) is 3.08. The normalized spacial score (nSPS) is 16.8. The number of amides is 3. The van der Waals surface area contributed by atoms with Crippen LogP contribution in [0.2, 0.25) is 5.02 Å². The van der Waals surface area contributed by atoms with Crippen LogP contribution in [-0.4, -0.2) is 24.5 Å². The summed E-state index contributed by atoms with van der Waals surface area (Å²) in [7, 11) is 0. The molecule has 2 N–H and O–H groups in total. The highest BCUT2D eigenvalue weighted by Crippen LogP contribution is 2.23. The van der Waals surface area contributed by atoms with Crippen LogP contribution in [0.3, 0.4) is 0 Å². The summed E-state index contributed by atoms with van der Waals surface area (Å²) in [5, 5.41) is 6.09. The van der Waals surface area contributed by atoms with E-state index in [9.17, 15) is 14.0 Å². The highest BCUT2D eigenvalue weighted by molar-refractivity contribution is 6.30. The summed E-state index contributed by atoms with van der Waals surface area (Å²) in [6, 6.07) is 12.3. The standard InChI is InChI=1S/C18H17ClFN3O2/c19-13-3-7-16(8-4-13)23-11-15(9-17(23)24)22-18(25)21-10-12-1-5-14(20)6-2-12/h1-8,15H,9-11H2,(H2,21,22,25). The zero-order valence-corrected chi connectivity index (χ0v) is 14.1. The Kier molecular flexibility index (Phi) is 5.19. The Morgan fingerprint density at radius 3 is 2.52 bits per heavy atom. The molecule has 5 nitrogen and oxygen atoms in total. The van der Waals surface area contributed by atoms with E-state index < -0.39 is 0 Å². The number of carbonyl (C=O) groups is 2. The van der Waals surface area contributed by atoms with Crippen LogP contribution in [0.4, 0.5) is 14.9 Å². The molecular formula is C18H17ClFN3O2. The first-order valence-corrected chi connectivity index (χ1v) is 8.24. The molecule has 0 bridgehead atoms. The smallest absolute Gasteiger partial charge is 0.315 e. The average Bonchev–Trinajstić information content (AvgIpc) is 2.95. The van der Waals surface area contributed by atoms with Gasteiger partial charge in [-0.15, -0.1) is 0 Å². The van der Waals surface area contributed by atoms with E-state index >= 15 is 0 Å². The van der Waals surface area contributed by atoms with Crippen LogP contribution in [0.25, 0.3) is 0 Å². The third-order valence-electron chi connectivity index (χ3n) is 3.96. The molecule has 3 amide bonds. The zero-order chi connectivity index (χ0) is 17.8. The molecule has 0 saturated carbocycles. The van der Waals surface area contributed by atoms with Crippen molar-refractivity contribution in [2.45, 2.75) is 19.0 Å². The molecule has 1 aliphatic rings. The highest BCUT2D eigenvalue weighted by Gasteiger charge is 2.31. The molecular weight excluding hydrogens is 345 g/mol. The van der Waals surface area contributed by atoms with Crippen molar-refractivity contribution in [1.82, 2.24) is 10.6 Å². The van der Waals surface area contributed by atoms with E-state index in [-0.39, 0.29) is 36.8 Å².